The maximum Gasteiger partial charge on any atom is 0.327 e. The number of ether oxygens (including phenoxy) is 1. The Morgan fingerprint density at radius 1 is 1.44 bits per heavy atom. The van der Waals surface area contributed by atoms with Gasteiger partial charge in [-0.2, -0.15) is 0 Å². The van der Waals surface area contributed by atoms with Gasteiger partial charge in [0.05, 0.1) is 7.11 Å². The number of hydrogen-bond acceptors (Lipinski definition) is 3. The Balaban J connectivity index is 0.00000225. The smallest absolute Gasteiger partial charge is 0.327 e. The summed E-state index contributed by atoms with van der Waals surface area (Å²) in [6.45, 7) is 0. The molecule has 0 fully saturated rings. The Labute approximate surface area is 98.2 Å². The predicted molar refractivity (Wildman–Crippen MR) is 57.4 cm³/mol. The molecule has 1 aromatic rings. The van der Waals surface area contributed by atoms with E-state index >= 15 is 0 Å². The number of benzene rings is 1. The van der Waals surface area contributed by atoms with Gasteiger partial charge in [0.2, 0.25) is 0 Å². The van der Waals surface area contributed by atoms with E-state index in [2.05, 4.69) is 10.1 Å². The van der Waals surface area contributed by atoms with Crippen molar-refractivity contribution in [3.63, 3.8) is 0 Å². The molecule has 0 bridgehead atoms. The van der Waals surface area contributed by atoms with Crippen LogP contribution >= 0.6 is 12.4 Å². The van der Waals surface area contributed by atoms with Crippen LogP contribution in [0.15, 0.2) is 18.2 Å². The highest BCUT2D eigenvalue weighted by atomic mass is 35.5. The second kappa shape index (κ2) is 6.40. The Hall–Kier alpha value is -1.20. The summed E-state index contributed by atoms with van der Waals surface area (Å²) in [7, 11) is 2.65. The molecule has 1 rings (SSSR count). The van der Waals surface area contributed by atoms with Gasteiger partial charge in [-0.1, -0.05) is 0 Å². The van der Waals surface area contributed by atoms with Crippen molar-refractivity contribution in [1.82, 2.24) is 5.32 Å². The summed E-state index contributed by atoms with van der Waals surface area (Å²) < 4.78 is 30.6. The lowest BCUT2D eigenvalue weighted by atomic mass is 10.1. The second-order valence-corrected chi connectivity index (χ2v) is 2.91. The quantitative estimate of drug-likeness (QED) is 0.833. The first-order chi connectivity index (χ1) is 7.10. The Kier molecular flexibility index (Phi) is 5.92. The van der Waals surface area contributed by atoms with Gasteiger partial charge in [-0.05, 0) is 25.2 Å². The fourth-order valence-corrected chi connectivity index (χ4v) is 1.25. The molecule has 0 aromatic heterocycles. The van der Waals surface area contributed by atoms with Crippen LogP contribution in [0.1, 0.15) is 11.6 Å². The van der Waals surface area contributed by atoms with Gasteiger partial charge >= 0.3 is 5.97 Å². The zero-order valence-corrected chi connectivity index (χ0v) is 9.61. The average Bonchev–Trinajstić information content (AvgIpc) is 2.23. The number of rotatable bonds is 3. The van der Waals surface area contributed by atoms with E-state index < -0.39 is 23.6 Å². The lowest BCUT2D eigenvalue weighted by Gasteiger charge is -2.14. The molecule has 0 aliphatic heterocycles. The van der Waals surface area contributed by atoms with Crippen LogP contribution in [-0.4, -0.2) is 20.1 Å². The summed E-state index contributed by atoms with van der Waals surface area (Å²) in [5, 5.41) is 2.56. The summed E-state index contributed by atoms with van der Waals surface area (Å²) in [6, 6.07) is 1.93. The summed E-state index contributed by atoms with van der Waals surface area (Å²) >= 11 is 0. The molecule has 0 heterocycles. The van der Waals surface area contributed by atoms with Gasteiger partial charge in [0.15, 0.2) is 0 Å². The Morgan fingerprint density at radius 3 is 2.56 bits per heavy atom. The highest BCUT2D eigenvalue weighted by molar-refractivity contribution is 5.85. The van der Waals surface area contributed by atoms with Crippen LogP contribution in [0.2, 0.25) is 0 Å². The van der Waals surface area contributed by atoms with Crippen LogP contribution in [-0.2, 0) is 9.53 Å². The number of halogens is 3. The molecule has 0 saturated carbocycles. The van der Waals surface area contributed by atoms with Gasteiger partial charge in [0.1, 0.15) is 17.7 Å². The highest BCUT2D eigenvalue weighted by Crippen LogP contribution is 2.19. The molecule has 6 heteroatoms. The molecule has 16 heavy (non-hydrogen) atoms. The van der Waals surface area contributed by atoms with Crippen molar-refractivity contribution in [3.8, 4) is 0 Å². The van der Waals surface area contributed by atoms with E-state index in [-0.39, 0.29) is 18.0 Å². The van der Waals surface area contributed by atoms with Crippen molar-refractivity contribution in [1.29, 1.82) is 0 Å². The molecule has 1 unspecified atom stereocenters. The molecule has 0 saturated heterocycles. The Morgan fingerprint density at radius 2 is 2.06 bits per heavy atom. The van der Waals surface area contributed by atoms with Crippen molar-refractivity contribution in [2.75, 3.05) is 14.2 Å². The molecule has 0 spiro atoms. The highest BCUT2D eigenvalue weighted by Gasteiger charge is 2.22. The fraction of sp³-hybridized carbons (Fsp3) is 0.300. The maximum atomic E-state index is 13.3. The second-order valence-electron chi connectivity index (χ2n) is 2.91. The minimum absolute atomic E-state index is 0. The molecule has 1 aromatic carbocycles. The minimum atomic E-state index is -0.995. The van der Waals surface area contributed by atoms with Gasteiger partial charge in [-0.15, -0.1) is 12.4 Å². The van der Waals surface area contributed by atoms with Crippen LogP contribution in [0, 0.1) is 11.6 Å². The molecule has 3 nitrogen and oxygen atoms in total. The van der Waals surface area contributed by atoms with Crippen molar-refractivity contribution >= 4 is 18.4 Å². The van der Waals surface area contributed by atoms with Crippen molar-refractivity contribution < 1.29 is 18.3 Å². The summed E-state index contributed by atoms with van der Waals surface area (Å²) in [5.41, 5.74) is -0.0654. The zero-order valence-electron chi connectivity index (χ0n) is 8.79. The summed E-state index contributed by atoms with van der Waals surface area (Å²) in [6.07, 6.45) is 0. The van der Waals surface area contributed by atoms with E-state index in [1.807, 2.05) is 0 Å². The maximum absolute atomic E-state index is 13.3. The molecular formula is C10H12ClF2NO2. The molecular weight excluding hydrogens is 240 g/mol. The first-order valence-corrected chi connectivity index (χ1v) is 4.30. The third kappa shape index (κ3) is 3.15. The van der Waals surface area contributed by atoms with Gasteiger partial charge in [-0.25, -0.2) is 13.6 Å². The molecule has 1 atom stereocenters. The monoisotopic (exact) mass is 251 g/mol. The zero-order chi connectivity index (χ0) is 11.4. The van der Waals surface area contributed by atoms with Crippen LogP contribution in [0.4, 0.5) is 8.78 Å². The number of likely N-dealkylation sites (N-methyl/N-ethyl adjacent to an activating group) is 1. The van der Waals surface area contributed by atoms with Crippen molar-refractivity contribution in [2.24, 2.45) is 0 Å². The van der Waals surface area contributed by atoms with Crippen LogP contribution < -0.4 is 5.32 Å². The predicted octanol–water partition coefficient (Wildman–Crippen LogP) is 1.82. The number of hydrogen-bond donors (Lipinski definition) is 1. The van der Waals surface area contributed by atoms with E-state index in [9.17, 15) is 13.6 Å². The van der Waals surface area contributed by atoms with Gasteiger partial charge < -0.3 is 10.1 Å². The Bertz CT molecular complexity index is 374. The third-order valence-corrected chi connectivity index (χ3v) is 1.99. The van der Waals surface area contributed by atoms with Crippen molar-refractivity contribution in [3.05, 3.63) is 35.4 Å². The fourth-order valence-electron chi connectivity index (χ4n) is 1.25. The van der Waals surface area contributed by atoms with Crippen LogP contribution in [0.25, 0.3) is 0 Å². The lowest BCUT2D eigenvalue weighted by Crippen LogP contribution is -2.27. The largest absolute Gasteiger partial charge is 0.468 e. The van der Waals surface area contributed by atoms with Crippen LogP contribution in [0.5, 0.6) is 0 Å². The van der Waals surface area contributed by atoms with E-state index in [1.54, 1.807) is 0 Å². The van der Waals surface area contributed by atoms with E-state index in [4.69, 9.17) is 0 Å². The summed E-state index contributed by atoms with van der Waals surface area (Å²) in [5.74, 6) is -1.92. The van der Waals surface area contributed by atoms with E-state index in [0.717, 1.165) is 18.2 Å². The van der Waals surface area contributed by atoms with Gasteiger partial charge in [0.25, 0.3) is 0 Å². The van der Waals surface area contributed by atoms with Gasteiger partial charge in [-0.3, -0.25) is 0 Å². The average molecular weight is 252 g/mol. The molecule has 90 valence electrons. The number of methoxy groups -OCH3 is 1. The van der Waals surface area contributed by atoms with E-state index in [1.165, 1.54) is 14.2 Å². The normalized spacial score (nSPS) is 11.5. The van der Waals surface area contributed by atoms with Crippen LogP contribution in [0.3, 0.4) is 0 Å². The first-order valence-electron chi connectivity index (χ1n) is 4.30. The number of esters is 1. The standard InChI is InChI=1S/C10H11F2NO2.ClH/c1-13-9(10(14)15-2)7-5-6(11)3-4-8(7)12;/h3-5,9,13H,1-2H3;1H. The first kappa shape index (κ1) is 14.8. The molecule has 0 aliphatic rings. The third-order valence-electron chi connectivity index (χ3n) is 1.99. The molecule has 1 N–H and O–H groups in total. The lowest BCUT2D eigenvalue weighted by molar-refractivity contribution is -0.143. The number of nitrogens with one attached hydrogen (secondary N) is 1. The summed E-state index contributed by atoms with van der Waals surface area (Å²) in [4.78, 5) is 11.2. The number of carbonyl (C=O) groups excluding carboxylic acids is 1. The van der Waals surface area contributed by atoms with E-state index in [0.29, 0.717) is 0 Å². The van der Waals surface area contributed by atoms with Gasteiger partial charge in [0, 0.05) is 5.56 Å². The molecule has 0 amide bonds. The molecule has 0 aliphatic carbocycles. The topological polar surface area (TPSA) is 38.3 Å². The minimum Gasteiger partial charge on any atom is -0.468 e. The molecule has 0 radical (unpaired) electrons. The van der Waals surface area contributed by atoms with Crippen molar-refractivity contribution in [2.45, 2.75) is 6.04 Å². The number of carbonyl (C=O) groups is 1. The SMILES string of the molecule is CNC(C(=O)OC)c1cc(F)ccc1F.Cl.